The largest absolute Gasteiger partial charge is 0.472 e. The van der Waals surface area contributed by atoms with Crippen LogP contribution in [0.5, 0.6) is 0 Å². The van der Waals surface area contributed by atoms with Gasteiger partial charge >= 0.3 is 7.82 Å². The molecule has 0 saturated carbocycles. The Bertz CT molecular complexity index is 1870. The zero-order chi connectivity index (χ0) is 41.8. The molecule has 6 atom stereocenters. The van der Waals surface area contributed by atoms with E-state index in [0.717, 1.165) is 38.2 Å². The topological polar surface area (TPSA) is 215 Å². The number of aliphatic hydroxyl groups is 2. The van der Waals surface area contributed by atoms with Crippen molar-refractivity contribution in [1.29, 1.82) is 10.5 Å². The number of halogens is 1. The first-order valence-electron chi connectivity index (χ1n) is 20.4. The van der Waals surface area contributed by atoms with E-state index in [-0.39, 0.29) is 30.0 Å². The van der Waals surface area contributed by atoms with Crippen molar-refractivity contribution in [2.24, 2.45) is 0 Å². The number of allylic oxidation sites excluding steroid dienone is 2. The van der Waals surface area contributed by atoms with Gasteiger partial charge in [0.2, 0.25) is 5.60 Å². The summed E-state index contributed by atoms with van der Waals surface area (Å²) in [5, 5.41) is 45.2. The Balaban J connectivity index is 1.21. The third-order valence-electron chi connectivity index (χ3n) is 10.2. The highest BCUT2D eigenvalue weighted by molar-refractivity contribution is 7.47. The number of fused-ring (bicyclic) bond motifs is 1. The molecular weight excluding hydrogens is 768 g/mol. The molecule has 3 aromatic rings. The molecule has 1 aliphatic heterocycles. The second kappa shape index (κ2) is 24.4. The molecule has 5 N–H and O–H groups in total. The summed E-state index contributed by atoms with van der Waals surface area (Å²) in [5.41, 5.74) is 5.10. The van der Waals surface area contributed by atoms with Gasteiger partial charge in [-0.2, -0.15) is 15.6 Å². The van der Waals surface area contributed by atoms with E-state index in [2.05, 4.69) is 24.2 Å². The molecule has 0 bridgehead atoms. The minimum atomic E-state index is -4.84. The lowest BCUT2D eigenvalue weighted by Crippen LogP contribution is -2.41. The van der Waals surface area contributed by atoms with Crippen molar-refractivity contribution in [2.45, 2.75) is 133 Å². The number of phosphoric acid groups is 1. The average molecular weight is 828 g/mol. The Morgan fingerprint density at radius 2 is 1.67 bits per heavy atom. The van der Waals surface area contributed by atoms with E-state index in [1.807, 2.05) is 12.1 Å². The number of hydrogen-bond donors (Lipinski definition) is 4. The minimum absolute atomic E-state index is 0.0336. The lowest BCUT2D eigenvalue weighted by molar-refractivity contribution is -0.0691. The number of aromatic nitrogens is 2. The van der Waals surface area contributed by atoms with Gasteiger partial charge < -0.3 is 35.1 Å². The molecule has 14 nitrogen and oxygen atoms in total. The predicted molar refractivity (Wildman–Crippen MR) is 215 cm³/mol. The van der Waals surface area contributed by atoms with Gasteiger partial charge in [0.15, 0.2) is 0 Å². The van der Waals surface area contributed by atoms with E-state index in [0.29, 0.717) is 17.8 Å². The fourth-order valence-electron chi connectivity index (χ4n) is 6.77. The van der Waals surface area contributed by atoms with Gasteiger partial charge in [0.1, 0.15) is 36.3 Å². The maximum atomic E-state index is 14.6. The highest BCUT2D eigenvalue weighted by Crippen LogP contribution is 2.46. The number of rotatable bonds is 28. The van der Waals surface area contributed by atoms with Crippen molar-refractivity contribution in [3.63, 3.8) is 0 Å². The SMILES string of the molecule is CCCCCCCC/C=C/CCCCCCCCOC[C@H](COP(=O)(O)OC[C@H]1O[C@@](C#N)(c2ccc3c(N)ccnn23)[C@H](O)[C@@H]1O)OCc1ccc(C#N)cc1F. The molecule has 1 unspecified atom stereocenters. The van der Waals surface area contributed by atoms with Crippen LogP contribution in [0.15, 0.2) is 54.7 Å². The summed E-state index contributed by atoms with van der Waals surface area (Å²) in [4.78, 5) is 10.6. The Kier molecular flexibility index (Phi) is 19.7. The van der Waals surface area contributed by atoms with Crippen molar-refractivity contribution in [3.8, 4) is 12.1 Å². The lowest BCUT2D eigenvalue weighted by atomic mass is 9.92. The molecule has 16 heteroatoms. The second-order valence-electron chi connectivity index (χ2n) is 14.7. The van der Waals surface area contributed by atoms with Crippen LogP contribution in [0.25, 0.3) is 5.52 Å². The maximum Gasteiger partial charge on any atom is 0.472 e. The normalized spacial score (nSPS) is 21.0. The Morgan fingerprint density at radius 3 is 2.34 bits per heavy atom. The van der Waals surface area contributed by atoms with Gasteiger partial charge in [-0.25, -0.2) is 13.5 Å². The van der Waals surface area contributed by atoms with Crippen LogP contribution in [0.4, 0.5) is 10.1 Å². The molecule has 1 saturated heterocycles. The van der Waals surface area contributed by atoms with E-state index in [9.17, 15) is 29.3 Å². The molecule has 0 aliphatic carbocycles. The molecule has 0 spiro atoms. The zero-order valence-electron chi connectivity index (χ0n) is 33.4. The fourth-order valence-corrected chi connectivity index (χ4v) is 7.53. The van der Waals surface area contributed by atoms with Crippen LogP contribution in [0.1, 0.15) is 114 Å². The van der Waals surface area contributed by atoms with Gasteiger partial charge in [0.05, 0.1) is 55.0 Å². The molecule has 4 rings (SSSR count). The van der Waals surface area contributed by atoms with Crippen LogP contribution < -0.4 is 5.73 Å². The molecule has 1 fully saturated rings. The minimum Gasteiger partial charge on any atom is -0.397 e. The average Bonchev–Trinajstić information content (AvgIpc) is 3.77. The molecule has 2 aromatic heterocycles. The van der Waals surface area contributed by atoms with Gasteiger partial charge in [-0.15, -0.1) is 0 Å². The molecule has 318 valence electrons. The highest BCUT2D eigenvalue weighted by atomic mass is 31.2. The number of hydrogen-bond acceptors (Lipinski definition) is 12. The number of aliphatic hydroxyl groups excluding tert-OH is 2. The number of benzene rings is 1. The number of ether oxygens (including phenoxy) is 3. The molecule has 1 aromatic carbocycles. The quantitative estimate of drug-likeness (QED) is 0.0317. The van der Waals surface area contributed by atoms with E-state index in [4.69, 9.17) is 34.3 Å². The van der Waals surface area contributed by atoms with Crippen LogP contribution in [-0.2, 0) is 40.0 Å². The van der Waals surface area contributed by atoms with Crippen molar-refractivity contribution >= 4 is 19.0 Å². The van der Waals surface area contributed by atoms with Crippen molar-refractivity contribution in [1.82, 2.24) is 9.61 Å². The molecule has 58 heavy (non-hydrogen) atoms. The van der Waals surface area contributed by atoms with Crippen LogP contribution in [-0.4, -0.2) is 75.6 Å². The van der Waals surface area contributed by atoms with E-state index < -0.39 is 56.9 Å². The smallest absolute Gasteiger partial charge is 0.397 e. The summed E-state index contributed by atoms with van der Waals surface area (Å²) < 4.78 is 56.7. The van der Waals surface area contributed by atoms with Gasteiger partial charge in [0, 0.05) is 18.4 Å². The van der Waals surface area contributed by atoms with E-state index >= 15 is 0 Å². The number of phosphoric ester groups is 1. The number of nitriles is 2. The first-order valence-corrected chi connectivity index (χ1v) is 21.9. The van der Waals surface area contributed by atoms with Gasteiger partial charge in [-0.05, 0) is 62.4 Å². The number of nitrogen functional groups attached to an aromatic ring is 1. The molecule has 1 aliphatic rings. The summed E-state index contributed by atoms with van der Waals surface area (Å²) >= 11 is 0. The lowest BCUT2D eigenvalue weighted by Gasteiger charge is -2.24. The summed E-state index contributed by atoms with van der Waals surface area (Å²) in [5.74, 6) is -0.641. The highest BCUT2D eigenvalue weighted by Gasteiger charge is 2.58. The number of anilines is 1. The molecule has 3 heterocycles. The fraction of sp³-hybridized carbons (Fsp3) is 0.595. The molecular formula is C42H59FN5O9P. The molecule has 0 radical (unpaired) electrons. The summed E-state index contributed by atoms with van der Waals surface area (Å²) in [6, 6.07) is 12.4. The third-order valence-corrected chi connectivity index (χ3v) is 11.1. The second-order valence-corrected chi connectivity index (χ2v) is 16.1. The summed E-state index contributed by atoms with van der Waals surface area (Å²) in [6.07, 6.45) is 16.8. The standard InChI is InChI=1S/C42H59FN5O9P/c1-2-3-4-5-6-7-8-9-10-11-12-13-14-15-16-17-24-53-28-34(54-27-33-19-18-32(26-44)25-35(33)43)29-55-58(51,52)56-30-38-40(49)41(50)42(31-45,57-38)39-21-20-37-36(46)22-23-47-48(37)39/h9-10,18-23,25,34,38,40-41,49-50H,2-8,11-17,24,27-30,46H2,1H3,(H,51,52)/b10-9+/t34-,38-,40-,41-,42+/m1/s1. The predicted octanol–water partition coefficient (Wildman–Crippen LogP) is 7.54. The van der Waals surface area contributed by atoms with Gasteiger partial charge in [0.25, 0.3) is 0 Å². The van der Waals surface area contributed by atoms with Crippen molar-refractivity contribution in [3.05, 3.63) is 77.4 Å². The number of nitrogens with zero attached hydrogens (tertiary/aromatic N) is 4. The van der Waals surface area contributed by atoms with Crippen LogP contribution >= 0.6 is 7.82 Å². The van der Waals surface area contributed by atoms with Crippen LogP contribution in [0.3, 0.4) is 0 Å². The number of unbranched alkanes of at least 4 members (excludes halogenated alkanes) is 12. The van der Waals surface area contributed by atoms with Crippen molar-refractivity contribution < 1.29 is 47.3 Å². The third kappa shape index (κ3) is 13.9. The summed E-state index contributed by atoms with van der Waals surface area (Å²) in [7, 11) is -4.84. The summed E-state index contributed by atoms with van der Waals surface area (Å²) in [6.45, 7) is 1.17. The van der Waals surface area contributed by atoms with Crippen LogP contribution in [0, 0.1) is 28.5 Å². The first-order chi connectivity index (χ1) is 28.0. The maximum absolute atomic E-state index is 14.6. The molecule has 0 amide bonds. The van der Waals surface area contributed by atoms with Crippen molar-refractivity contribution in [2.75, 3.05) is 32.2 Å². The van der Waals surface area contributed by atoms with Gasteiger partial charge in [-0.1, -0.05) is 82.9 Å². The monoisotopic (exact) mass is 827 g/mol. The number of nitrogens with two attached hydrogens (primary N) is 1. The Morgan fingerprint density at radius 1 is 0.983 bits per heavy atom. The van der Waals surface area contributed by atoms with E-state index in [1.165, 1.54) is 86.7 Å². The first kappa shape index (κ1) is 47.0. The Hall–Kier alpha value is -3.73. The van der Waals surface area contributed by atoms with Crippen LogP contribution in [0.2, 0.25) is 0 Å². The van der Waals surface area contributed by atoms with E-state index in [1.54, 1.807) is 12.1 Å². The Labute approximate surface area is 340 Å². The van der Waals surface area contributed by atoms with Gasteiger partial charge in [-0.3, -0.25) is 9.05 Å². The zero-order valence-corrected chi connectivity index (χ0v) is 34.3.